The van der Waals surface area contributed by atoms with Crippen molar-refractivity contribution in [2.45, 2.75) is 70.1 Å². The van der Waals surface area contributed by atoms with Gasteiger partial charge in [0.05, 0.1) is 11.0 Å². The van der Waals surface area contributed by atoms with E-state index in [9.17, 15) is 18.0 Å². The highest BCUT2D eigenvalue weighted by Crippen LogP contribution is 2.35. The molecule has 0 fully saturated rings. The molecule has 0 aliphatic rings. The molecule has 0 saturated heterocycles. The van der Waals surface area contributed by atoms with E-state index in [0.717, 1.165) is 29.8 Å². The Morgan fingerprint density at radius 1 is 1.10 bits per heavy atom. The van der Waals surface area contributed by atoms with E-state index in [2.05, 4.69) is 22.5 Å². The molecule has 0 spiro atoms. The number of carbonyl (C=O) groups is 1. The lowest BCUT2D eigenvalue weighted by Crippen LogP contribution is -2.34. The van der Waals surface area contributed by atoms with Gasteiger partial charge in [-0.1, -0.05) is 19.8 Å². The Morgan fingerprint density at radius 2 is 1.82 bits per heavy atom. The average molecular weight is 566 g/mol. The van der Waals surface area contributed by atoms with Gasteiger partial charge in [0.15, 0.2) is 0 Å². The highest BCUT2D eigenvalue weighted by atomic mass is 32.2. The molecule has 3 rings (SSSR count). The first-order chi connectivity index (χ1) is 18.5. The van der Waals surface area contributed by atoms with Crippen molar-refractivity contribution in [1.29, 1.82) is 0 Å². The summed E-state index contributed by atoms with van der Waals surface area (Å²) in [5.41, 5.74) is 2.19. The van der Waals surface area contributed by atoms with Crippen molar-refractivity contribution in [3.8, 4) is 0 Å². The highest BCUT2D eigenvalue weighted by Gasteiger charge is 2.37. The third kappa shape index (κ3) is 9.06. The summed E-state index contributed by atoms with van der Waals surface area (Å²) in [7, 11) is 3.52. The standard InChI is InChI=1S/C28H38F3N5O2S/c1-19(2)32-27(37)33-21-9-12-23(13-10-21)39-35(4)22-11-14-25-24(18-22)34-26(28(29,30)31)36(25)16-15-20(3)8-6-7-17-38-5/h9-14,18-20H,6-8,15-17H2,1-5H3,(H2,32,33,37). The fraction of sp³-hybridized carbons (Fsp3) is 0.500. The van der Waals surface area contributed by atoms with E-state index in [1.165, 1.54) is 16.5 Å². The number of ether oxygens (including phenoxy) is 1. The first-order valence-corrected chi connectivity index (χ1v) is 13.9. The number of aryl methyl sites for hydroxylation is 1. The van der Waals surface area contributed by atoms with Crippen molar-refractivity contribution in [2.24, 2.45) is 5.92 Å². The Hall–Kier alpha value is -2.92. The molecule has 0 aliphatic heterocycles. The Labute approximate surface area is 232 Å². The van der Waals surface area contributed by atoms with E-state index < -0.39 is 12.0 Å². The van der Waals surface area contributed by atoms with E-state index in [-0.39, 0.29) is 18.6 Å². The lowest BCUT2D eigenvalue weighted by Gasteiger charge is -2.18. The molecule has 2 amide bonds. The molecule has 0 saturated carbocycles. The molecule has 7 nitrogen and oxygen atoms in total. The minimum atomic E-state index is -4.54. The second-order valence-corrected chi connectivity index (χ2v) is 11.2. The average Bonchev–Trinajstić information content (AvgIpc) is 3.24. The molecule has 1 heterocycles. The van der Waals surface area contributed by atoms with Gasteiger partial charge in [-0.25, -0.2) is 9.78 Å². The maximum Gasteiger partial charge on any atom is 0.449 e. The Bertz CT molecular complexity index is 1210. The number of anilines is 2. The van der Waals surface area contributed by atoms with Gasteiger partial charge in [0.25, 0.3) is 0 Å². The predicted molar refractivity (Wildman–Crippen MR) is 152 cm³/mol. The molecular formula is C28H38F3N5O2S. The van der Waals surface area contributed by atoms with Crippen LogP contribution in [0.2, 0.25) is 0 Å². The monoisotopic (exact) mass is 565 g/mol. The fourth-order valence-electron chi connectivity index (χ4n) is 4.23. The number of urea groups is 1. The van der Waals surface area contributed by atoms with Crippen LogP contribution in [-0.2, 0) is 17.5 Å². The Morgan fingerprint density at radius 3 is 2.46 bits per heavy atom. The number of fused-ring (bicyclic) bond motifs is 1. The smallest absolute Gasteiger partial charge is 0.385 e. The number of halogens is 3. The quantitative estimate of drug-likeness (QED) is 0.165. The molecule has 0 aliphatic carbocycles. The van der Waals surface area contributed by atoms with Gasteiger partial charge in [-0.2, -0.15) is 13.2 Å². The van der Waals surface area contributed by atoms with Gasteiger partial charge >= 0.3 is 12.2 Å². The summed E-state index contributed by atoms with van der Waals surface area (Å²) in [5, 5.41) is 5.55. The normalized spacial score (nSPS) is 12.6. The summed E-state index contributed by atoms with van der Waals surface area (Å²) in [6, 6.07) is 12.3. The number of nitrogens with one attached hydrogen (secondary N) is 2. The summed E-state index contributed by atoms with van der Waals surface area (Å²) in [4.78, 5) is 16.8. The van der Waals surface area contributed by atoms with Crippen LogP contribution in [0.25, 0.3) is 11.0 Å². The van der Waals surface area contributed by atoms with Crippen LogP contribution in [0.5, 0.6) is 0 Å². The van der Waals surface area contributed by atoms with Crippen molar-refractivity contribution >= 4 is 40.4 Å². The zero-order valence-electron chi connectivity index (χ0n) is 23.1. The number of alkyl halides is 3. The minimum Gasteiger partial charge on any atom is -0.385 e. The van der Waals surface area contributed by atoms with Crippen molar-refractivity contribution in [2.75, 3.05) is 30.4 Å². The largest absolute Gasteiger partial charge is 0.449 e. The summed E-state index contributed by atoms with van der Waals surface area (Å²) < 4.78 is 49.9. The number of nitrogens with zero attached hydrogens (tertiary/aromatic N) is 3. The number of hydrogen-bond acceptors (Lipinski definition) is 5. The molecule has 1 atom stereocenters. The van der Waals surface area contributed by atoms with Gasteiger partial charge in [-0.05, 0) is 87.0 Å². The fourth-order valence-corrected chi connectivity index (χ4v) is 5.02. The van der Waals surface area contributed by atoms with Gasteiger partial charge in [0, 0.05) is 49.6 Å². The zero-order valence-corrected chi connectivity index (χ0v) is 24.0. The lowest BCUT2D eigenvalue weighted by molar-refractivity contribution is -0.147. The molecule has 2 N–H and O–H groups in total. The van der Waals surface area contributed by atoms with Gasteiger partial charge in [0.2, 0.25) is 5.82 Å². The molecule has 1 unspecified atom stereocenters. The van der Waals surface area contributed by atoms with Crippen LogP contribution in [0.3, 0.4) is 0 Å². The number of methoxy groups -OCH3 is 1. The summed E-state index contributed by atoms with van der Waals surface area (Å²) in [6.45, 7) is 6.80. The maximum absolute atomic E-state index is 13.9. The summed E-state index contributed by atoms with van der Waals surface area (Å²) in [6.07, 6.45) is -1.00. The number of benzene rings is 2. The maximum atomic E-state index is 13.9. The second-order valence-electron chi connectivity index (χ2n) is 10.0. The molecule has 11 heteroatoms. The number of rotatable bonds is 13. The number of imidazole rings is 1. The molecule has 1 aromatic heterocycles. The predicted octanol–water partition coefficient (Wildman–Crippen LogP) is 7.57. The molecule has 0 radical (unpaired) electrons. The molecular weight excluding hydrogens is 527 g/mol. The molecule has 214 valence electrons. The lowest BCUT2D eigenvalue weighted by atomic mass is 10.0. The van der Waals surface area contributed by atoms with Crippen molar-refractivity contribution < 1.29 is 22.7 Å². The van der Waals surface area contributed by atoms with Gasteiger partial charge in [-0.15, -0.1) is 0 Å². The van der Waals surface area contributed by atoms with E-state index >= 15 is 0 Å². The Balaban J connectivity index is 1.70. The second kappa shape index (κ2) is 13.9. The van der Waals surface area contributed by atoms with Crippen molar-refractivity contribution in [3.05, 3.63) is 48.3 Å². The third-order valence-corrected chi connectivity index (χ3v) is 7.23. The van der Waals surface area contributed by atoms with Crippen LogP contribution >= 0.6 is 11.9 Å². The van der Waals surface area contributed by atoms with E-state index in [1.54, 1.807) is 31.4 Å². The molecule has 2 aromatic carbocycles. The number of hydrogen-bond donors (Lipinski definition) is 2. The minimum absolute atomic E-state index is 0.0317. The van der Waals surface area contributed by atoms with Crippen molar-refractivity contribution in [3.63, 3.8) is 0 Å². The van der Waals surface area contributed by atoms with E-state index in [1.807, 2.05) is 43.4 Å². The van der Waals surface area contributed by atoms with Crippen LogP contribution < -0.4 is 14.9 Å². The first-order valence-electron chi connectivity index (χ1n) is 13.1. The van der Waals surface area contributed by atoms with Crippen LogP contribution in [0.1, 0.15) is 52.3 Å². The summed E-state index contributed by atoms with van der Waals surface area (Å²) in [5.74, 6) is -0.561. The zero-order chi connectivity index (χ0) is 28.6. The first kappa shape index (κ1) is 30.6. The SMILES string of the molecule is COCCCCC(C)CCn1c(C(F)(F)F)nc2cc(N(C)Sc3ccc(NC(=O)NC(C)C)cc3)ccc21. The van der Waals surface area contributed by atoms with Gasteiger partial charge in [-0.3, -0.25) is 0 Å². The van der Waals surface area contributed by atoms with Crippen LogP contribution in [0.15, 0.2) is 47.4 Å². The molecule has 0 bridgehead atoms. The van der Waals surface area contributed by atoms with Crippen LogP contribution in [0.4, 0.5) is 29.3 Å². The molecule has 3 aromatic rings. The highest BCUT2D eigenvalue weighted by molar-refractivity contribution is 8.00. The number of amides is 2. The van der Waals surface area contributed by atoms with Gasteiger partial charge < -0.3 is 24.2 Å². The van der Waals surface area contributed by atoms with Crippen LogP contribution in [0, 0.1) is 5.92 Å². The van der Waals surface area contributed by atoms with Gasteiger partial charge in [0.1, 0.15) is 0 Å². The Kier molecular flexibility index (Phi) is 10.9. The third-order valence-electron chi connectivity index (χ3n) is 6.26. The van der Waals surface area contributed by atoms with E-state index in [4.69, 9.17) is 4.74 Å². The number of aromatic nitrogens is 2. The topological polar surface area (TPSA) is 71.4 Å². The number of unbranched alkanes of at least 4 members (excludes halogenated alkanes) is 1. The number of carbonyl (C=O) groups excluding carboxylic acids is 1. The van der Waals surface area contributed by atoms with E-state index in [0.29, 0.717) is 35.7 Å². The molecule has 39 heavy (non-hydrogen) atoms. The van der Waals surface area contributed by atoms with Crippen LogP contribution in [-0.4, -0.2) is 42.4 Å². The summed E-state index contributed by atoms with van der Waals surface area (Å²) >= 11 is 1.42. The van der Waals surface area contributed by atoms with Crippen molar-refractivity contribution in [1.82, 2.24) is 14.9 Å².